The lowest BCUT2D eigenvalue weighted by Crippen LogP contribution is -2.40. The van der Waals surface area contributed by atoms with Gasteiger partial charge >= 0.3 is 0 Å². The van der Waals surface area contributed by atoms with E-state index in [0.717, 1.165) is 70.3 Å². The molecule has 0 saturated carbocycles. The molecule has 40 heavy (non-hydrogen) atoms. The molecule has 0 spiro atoms. The molecule has 2 aliphatic heterocycles. The van der Waals surface area contributed by atoms with Gasteiger partial charge in [-0.05, 0) is 49.1 Å². The van der Waals surface area contributed by atoms with Crippen molar-refractivity contribution in [2.24, 2.45) is 0 Å². The molecule has 3 aromatic heterocycles. The van der Waals surface area contributed by atoms with E-state index in [1.165, 1.54) is 16.9 Å². The van der Waals surface area contributed by atoms with Gasteiger partial charge in [-0.1, -0.05) is 6.07 Å². The average molecular weight is 562 g/mol. The first-order chi connectivity index (χ1) is 19.6. The van der Waals surface area contributed by atoms with Crippen molar-refractivity contribution in [2.75, 3.05) is 51.8 Å². The Hall–Kier alpha value is -3.54. The third kappa shape index (κ3) is 5.67. The second-order valence-corrected chi connectivity index (χ2v) is 11.4. The van der Waals surface area contributed by atoms with Crippen molar-refractivity contribution in [1.29, 1.82) is 0 Å². The van der Waals surface area contributed by atoms with E-state index in [4.69, 9.17) is 9.47 Å². The largest absolute Gasteiger partial charge is 0.496 e. The van der Waals surface area contributed by atoms with E-state index >= 15 is 0 Å². The number of benzene rings is 1. The number of thiophene rings is 1. The number of likely N-dealkylation sites (tertiary alicyclic amines) is 1. The topological polar surface area (TPSA) is 97.6 Å². The molecule has 10 nitrogen and oxygen atoms in total. The van der Waals surface area contributed by atoms with Gasteiger partial charge in [-0.25, -0.2) is 9.97 Å². The van der Waals surface area contributed by atoms with Crippen LogP contribution >= 0.6 is 11.3 Å². The number of nitrogens with zero attached hydrogens (tertiary/aromatic N) is 6. The number of methoxy groups -OCH3 is 1. The smallest absolute Gasteiger partial charge is 0.264 e. The molecule has 5 heterocycles. The second-order valence-electron chi connectivity index (χ2n) is 10.4. The van der Waals surface area contributed by atoms with Crippen molar-refractivity contribution in [3.63, 3.8) is 0 Å². The van der Waals surface area contributed by atoms with Gasteiger partial charge in [0.15, 0.2) is 0 Å². The summed E-state index contributed by atoms with van der Waals surface area (Å²) in [5.41, 5.74) is 3.37. The summed E-state index contributed by atoms with van der Waals surface area (Å²) in [6.07, 6.45) is 7.40. The van der Waals surface area contributed by atoms with Gasteiger partial charge in [0.05, 0.1) is 37.1 Å². The van der Waals surface area contributed by atoms with Gasteiger partial charge in [0.1, 0.15) is 22.7 Å². The highest BCUT2D eigenvalue weighted by molar-refractivity contribution is 7.20. The zero-order valence-electron chi connectivity index (χ0n) is 23.0. The number of rotatable bonds is 8. The summed E-state index contributed by atoms with van der Waals surface area (Å²) in [7, 11) is 1.71. The van der Waals surface area contributed by atoms with Crippen LogP contribution in [0.25, 0.3) is 10.2 Å². The highest BCUT2D eigenvalue weighted by Gasteiger charge is 2.26. The fourth-order valence-electron chi connectivity index (χ4n) is 5.60. The molecule has 4 aromatic rings. The van der Waals surface area contributed by atoms with Crippen LogP contribution in [0.4, 0.5) is 5.82 Å². The number of ether oxygens (including phenoxy) is 2. The Morgan fingerprint density at radius 2 is 1.98 bits per heavy atom. The lowest BCUT2D eigenvalue weighted by Gasteiger charge is -2.33. The van der Waals surface area contributed by atoms with Crippen molar-refractivity contribution >= 4 is 33.3 Å². The van der Waals surface area contributed by atoms with Crippen molar-refractivity contribution in [3.05, 3.63) is 64.6 Å². The number of aryl methyl sites for hydroxylation is 1. The molecular weight excluding hydrogens is 526 g/mol. The molecule has 0 bridgehead atoms. The Morgan fingerprint density at radius 3 is 2.73 bits per heavy atom. The Labute approximate surface area is 237 Å². The second kappa shape index (κ2) is 11.9. The molecule has 2 aliphatic rings. The van der Waals surface area contributed by atoms with Crippen molar-refractivity contribution in [2.45, 2.75) is 38.9 Å². The van der Waals surface area contributed by atoms with Crippen LogP contribution in [-0.2, 0) is 17.8 Å². The molecule has 11 heteroatoms. The van der Waals surface area contributed by atoms with Gasteiger partial charge in [0.2, 0.25) is 0 Å². The standard InChI is InChI=1S/C29H35N7O3S/c1-20-25-27(30-19-31-28(25)40-26(20)29(37)35-12-14-39-15-13-35)33-23-6-10-34(11-7-23)17-21-4-5-24(38-2)22(16-21)18-36-9-3-8-32-36/h3-5,8-9,16,19,23H,6-7,10-15,17-18H2,1-2H3,(H,30,31,33). The normalized spacial score (nSPS) is 16.9. The molecule has 0 unspecified atom stereocenters. The fraction of sp³-hybridized carbons (Fsp3) is 0.448. The Bertz CT molecular complexity index is 1460. The van der Waals surface area contributed by atoms with E-state index in [-0.39, 0.29) is 5.91 Å². The summed E-state index contributed by atoms with van der Waals surface area (Å²) in [5.74, 6) is 1.78. The van der Waals surface area contributed by atoms with E-state index in [9.17, 15) is 4.79 Å². The minimum absolute atomic E-state index is 0.0642. The van der Waals surface area contributed by atoms with Crippen molar-refractivity contribution < 1.29 is 14.3 Å². The third-order valence-corrected chi connectivity index (χ3v) is 8.98. The van der Waals surface area contributed by atoms with Gasteiger partial charge in [-0.2, -0.15) is 5.10 Å². The Morgan fingerprint density at radius 1 is 1.15 bits per heavy atom. The number of carbonyl (C=O) groups excluding carboxylic acids is 1. The number of fused-ring (bicyclic) bond motifs is 1. The van der Waals surface area contributed by atoms with Crippen molar-refractivity contribution in [1.82, 2.24) is 29.5 Å². The molecule has 6 rings (SSSR count). The molecule has 0 atom stereocenters. The molecule has 1 amide bonds. The summed E-state index contributed by atoms with van der Waals surface area (Å²) in [6, 6.07) is 8.70. The monoisotopic (exact) mass is 561 g/mol. The highest BCUT2D eigenvalue weighted by atomic mass is 32.1. The summed E-state index contributed by atoms with van der Waals surface area (Å²) in [4.78, 5) is 28.3. The predicted molar refractivity (Wildman–Crippen MR) is 155 cm³/mol. The van der Waals surface area contributed by atoms with Gasteiger partial charge in [0, 0.05) is 56.7 Å². The molecule has 2 saturated heterocycles. The maximum absolute atomic E-state index is 13.2. The number of morpholine rings is 1. The summed E-state index contributed by atoms with van der Waals surface area (Å²) in [5, 5.41) is 9.00. The first-order valence-corrected chi connectivity index (χ1v) is 14.6. The first kappa shape index (κ1) is 26.7. The Kier molecular flexibility index (Phi) is 7.94. The number of carbonyl (C=O) groups is 1. The summed E-state index contributed by atoms with van der Waals surface area (Å²) < 4.78 is 12.9. The van der Waals surface area contributed by atoms with E-state index in [2.05, 4.69) is 43.5 Å². The predicted octanol–water partition coefficient (Wildman–Crippen LogP) is 3.80. The van der Waals surface area contributed by atoms with E-state index in [1.807, 2.05) is 28.8 Å². The molecule has 1 N–H and O–H groups in total. The van der Waals surface area contributed by atoms with E-state index in [1.54, 1.807) is 19.6 Å². The lowest BCUT2D eigenvalue weighted by atomic mass is 10.0. The van der Waals surface area contributed by atoms with Crippen molar-refractivity contribution in [3.8, 4) is 5.75 Å². The van der Waals surface area contributed by atoms with Crippen LogP contribution in [0.5, 0.6) is 5.75 Å². The molecule has 0 aliphatic carbocycles. The van der Waals surface area contributed by atoms with Crippen LogP contribution in [-0.4, -0.2) is 88.0 Å². The number of hydrogen-bond acceptors (Lipinski definition) is 9. The van der Waals surface area contributed by atoms with Crippen LogP contribution in [0.3, 0.4) is 0 Å². The highest BCUT2D eigenvalue weighted by Crippen LogP contribution is 2.35. The summed E-state index contributed by atoms with van der Waals surface area (Å²) >= 11 is 1.46. The number of nitrogens with one attached hydrogen (secondary N) is 1. The van der Waals surface area contributed by atoms with Gasteiger partial charge in [-0.15, -0.1) is 11.3 Å². The zero-order valence-corrected chi connectivity index (χ0v) is 23.8. The minimum Gasteiger partial charge on any atom is -0.496 e. The van der Waals surface area contributed by atoms with Crippen LogP contribution in [0.2, 0.25) is 0 Å². The molecule has 1 aromatic carbocycles. The van der Waals surface area contributed by atoms with E-state index in [0.29, 0.717) is 38.9 Å². The minimum atomic E-state index is 0.0642. The van der Waals surface area contributed by atoms with Gasteiger partial charge in [-0.3, -0.25) is 14.4 Å². The lowest BCUT2D eigenvalue weighted by molar-refractivity contribution is 0.0306. The number of aromatic nitrogens is 4. The van der Waals surface area contributed by atoms with Crippen LogP contribution in [0.15, 0.2) is 43.0 Å². The summed E-state index contributed by atoms with van der Waals surface area (Å²) in [6.45, 7) is 8.03. The molecule has 0 radical (unpaired) electrons. The third-order valence-electron chi connectivity index (χ3n) is 7.79. The molecule has 2 fully saturated rings. The Balaban J connectivity index is 1.10. The first-order valence-electron chi connectivity index (χ1n) is 13.8. The van der Waals surface area contributed by atoms with Crippen LogP contribution < -0.4 is 10.1 Å². The molecular formula is C29H35N7O3S. The number of piperidine rings is 1. The van der Waals surface area contributed by atoms with Gasteiger partial charge < -0.3 is 19.7 Å². The van der Waals surface area contributed by atoms with E-state index < -0.39 is 0 Å². The van der Waals surface area contributed by atoms with Crippen LogP contribution in [0.1, 0.15) is 39.2 Å². The number of hydrogen-bond donors (Lipinski definition) is 1. The van der Waals surface area contributed by atoms with Crippen LogP contribution in [0, 0.1) is 6.92 Å². The fourth-order valence-corrected chi connectivity index (χ4v) is 6.72. The molecule has 210 valence electrons. The zero-order chi connectivity index (χ0) is 27.5. The maximum atomic E-state index is 13.2. The SMILES string of the molecule is COc1ccc(CN2CCC(Nc3ncnc4sc(C(=O)N5CCOCC5)c(C)c34)CC2)cc1Cn1cccn1. The maximum Gasteiger partial charge on any atom is 0.264 e. The number of amides is 1. The quantitative estimate of drug-likeness (QED) is 0.347. The van der Waals surface area contributed by atoms with Gasteiger partial charge in [0.25, 0.3) is 5.91 Å². The average Bonchev–Trinajstić information content (AvgIpc) is 3.62. The number of anilines is 1.